The summed E-state index contributed by atoms with van der Waals surface area (Å²) in [5.74, 6) is 0.709. The average Bonchev–Trinajstić information content (AvgIpc) is 3.04. The molecule has 4 N–H and O–H groups in total. The zero-order valence-electron chi connectivity index (χ0n) is 12.5. The van der Waals surface area contributed by atoms with Crippen molar-refractivity contribution in [3.05, 3.63) is 0 Å². The van der Waals surface area contributed by atoms with Crippen molar-refractivity contribution in [2.24, 2.45) is 23.3 Å². The van der Waals surface area contributed by atoms with Gasteiger partial charge in [0, 0.05) is 0 Å². The molecule has 20 heavy (non-hydrogen) atoms. The predicted octanol–water partition coefficient (Wildman–Crippen LogP) is -0.256. The molecule has 2 fully saturated rings. The van der Waals surface area contributed by atoms with Crippen molar-refractivity contribution < 1.29 is 18.9 Å². The lowest BCUT2D eigenvalue weighted by atomic mass is 10.1. The number of fused-ring (bicyclic) bond motifs is 1. The van der Waals surface area contributed by atoms with Gasteiger partial charge in [-0.25, -0.2) is 0 Å². The maximum Gasteiger partial charge on any atom is 0.115 e. The van der Waals surface area contributed by atoms with Crippen molar-refractivity contribution in [1.82, 2.24) is 0 Å². The lowest BCUT2D eigenvalue weighted by molar-refractivity contribution is -0.0588. The molecule has 2 saturated heterocycles. The molecule has 0 spiro atoms. The maximum atomic E-state index is 5.86. The van der Waals surface area contributed by atoms with Crippen molar-refractivity contribution in [2.75, 3.05) is 39.5 Å². The fourth-order valence-corrected chi connectivity index (χ4v) is 2.43. The first-order chi connectivity index (χ1) is 9.65. The SMILES string of the molecule is CC(CN)CO[C@@H]1COC2C1OC[C@H]2OCC(C)CN. The van der Waals surface area contributed by atoms with E-state index in [0.29, 0.717) is 51.4 Å². The summed E-state index contributed by atoms with van der Waals surface area (Å²) < 4.78 is 23.3. The predicted molar refractivity (Wildman–Crippen MR) is 75.4 cm³/mol. The molecule has 0 amide bonds. The second kappa shape index (κ2) is 7.68. The third-order valence-corrected chi connectivity index (χ3v) is 3.96. The molecule has 2 heterocycles. The summed E-state index contributed by atoms with van der Waals surface area (Å²) in [5, 5.41) is 0. The van der Waals surface area contributed by atoms with E-state index in [9.17, 15) is 0 Å². The molecule has 0 bridgehead atoms. The zero-order chi connectivity index (χ0) is 14.5. The third-order valence-electron chi connectivity index (χ3n) is 3.96. The fourth-order valence-electron chi connectivity index (χ4n) is 2.43. The molecule has 2 aliphatic heterocycles. The van der Waals surface area contributed by atoms with Gasteiger partial charge in [0.2, 0.25) is 0 Å². The van der Waals surface area contributed by atoms with E-state index >= 15 is 0 Å². The van der Waals surface area contributed by atoms with Crippen LogP contribution in [-0.2, 0) is 18.9 Å². The van der Waals surface area contributed by atoms with E-state index in [2.05, 4.69) is 13.8 Å². The van der Waals surface area contributed by atoms with Gasteiger partial charge in [-0.2, -0.15) is 0 Å². The molecule has 6 atom stereocenters. The Kier molecular flexibility index (Phi) is 6.20. The fraction of sp³-hybridized carbons (Fsp3) is 1.00. The number of hydrogen-bond acceptors (Lipinski definition) is 6. The Labute approximate surface area is 121 Å². The van der Waals surface area contributed by atoms with Crippen molar-refractivity contribution in [3.8, 4) is 0 Å². The minimum Gasteiger partial charge on any atom is -0.373 e. The van der Waals surface area contributed by atoms with Crippen LogP contribution >= 0.6 is 0 Å². The van der Waals surface area contributed by atoms with E-state index in [0.717, 1.165) is 0 Å². The molecule has 0 aromatic heterocycles. The lowest BCUT2D eigenvalue weighted by Crippen LogP contribution is -2.36. The van der Waals surface area contributed by atoms with Crippen LogP contribution in [0, 0.1) is 11.8 Å². The highest BCUT2D eigenvalue weighted by Gasteiger charge is 2.48. The second-order valence-electron chi connectivity index (χ2n) is 6.02. The highest BCUT2D eigenvalue weighted by molar-refractivity contribution is 4.96. The Morgan fingerprint density at radius 2 is 1.30 bits per heavy atom. The maximum absolute atomic E-state index is 5.86. The number of hydrogen-bond donors (Lipinski definition) is 2. The monoisotopic (exact) mass is 288 g/mol. The standard InChI is InChI=1S/C14H28N2O4/c1-9(3-15)5-17-11-7-19-14-12(8-20-13(11)14)18-6-10(2)4-16/h9-14H,3-8,15-16H2,1-2H3/t9?,10?,11-,12-,13?,14?/m1/s1. The molecule has 0 aliphatic carbocycles. The number of nitrogens with two attached hydrogens (primary N) is 2. The summed E-state index contributed by atoms with van der Waals surface area (Å²) in [7, 11) is 0. The largest absolute Gasteiger partial charge is 0.373 e. The van der Waals surface area contributed by atoms with Gasteiger partial charge in [0.15, 0.2) is 0 Å². The van der Waals surface area contributed by atoms with Crippen LogP contribution < -0.4 is 11.5 Å². The van der Waals surface area contributed by atoms with E-state index in [1.807, 2.05) is 0 Å². The van der Waals surface area contributed by atoms with Crippen LogP contribution in [0.15, 0.2) is 0 Å². The first kappa shape index (κ1) is 16.1. The Balaban J connectivity index is 1.76. The molecule has 6 nitrogen and oxygen atoms in total. The molecule has 2 aliphatic rings. The quantitative estimate of drug-likeness (QED) is 0.640. The van der Waals surface area contributed by atoms with E-state index in [1.54, 1.807) is 0 Å². The van der Waals surface area contributed by atoms with Gasteiger partial charge in [-0.3, -0.25) is 0 Å². The van der Waals surface area contributed by atoms with Crippen molar-refractivity contribution in [1.29, 1.82) is 0 Å². The second-order valence-corrected chi connectivity index (χ2v) is 6.02. The van der Waals surface area contributed by atoms with Crippen LogP contribution in [0.3, 0.4) is 0 Å². The Hall–Kier alpha value is -0.240. The molecule has 2 rings (SSSR count). The van der Waals surface area contributed by atoms with E-state index in [1.165, 1.54) is 0 Å². The normalized spacial score (nSPS) is 36.0. The average molecular weight is 288 g/mol. The van der Waals surface area contributed by atoms with Crippen molar-refractivity contribution in [2.45, 2.75) is 38.3 Å². The van der Waals surface area contributed by atoms with Gasteiger partial charge in [0.05, 0.1) is 26.4 Å². The van der Waals surface area contributed by atoms with Gasteiger partial charge >= 0.3 is 0 Å². The Morgan fingerprint density at radius 3 is 1.65 bits per heavy atom. The van der Waals surface area contributed by atoms with E-state index in [-0.39, 0.29) is 24.4 Å². The summed E-state index contributed by atoms with van der Waals surface area (Å²) in [6.07, 6.45) is -0.0413. The minimum absolute atomic E-state index is 0.00506. The Morgan fingerprint density at radius 1 is 0.900 bits per heavy atom. The highest BCUT2D eigenvalue weighted by Crippen LogP contribution is 2.30. The highest BCUT2D eigenvalue weighted by atomic mass is 16.6. The molecular weight excluding hydrogens is 260 g/mol. The van der Waals surface area contributed by atoms with Crippen LogP contribution in [0.1, 0.15) is 13.8 Å². The minimum atomic E-state index is -0.0156. The summed E-state index contributed by atoms with van der Waals surface area (Å²) >= 11 is 0. The molecule has 0 saturated carbocycles. The molecule has 0 aromatic carbocycles. The lowest BCUT2D eigenvalue weighted by Gasteiger charge is -2.19. The number of ether oxygens (including phenoxy) is 4. The first-order valence-corrected chi connectivity index (χ1v) is 7.52. The molecular formula is C14H28N2O4. The molecule has 0 radical (unpaired) electrons. The zero-order valence-corrected chi connectivity index (χ0v) is 12.5. The van der Waals surface area contributed by atoms with Gasteiger partial charge in [0.25, 0.3) is 0 Å². The molecule has 118 valence electrons. The van der Waals surface area contributed by atoms with E-state index < -0.39 is 0 Å². The topological polar surface area (TPSA) is 89.0 Å². The molecule has 4 unspecified atom stereocenters. The summed E-state index contributed by atoms with van der Waals surface area (Å²) in [5.41, 5.74) is 11.2. The van der Waals surface area contributed by atoms with Gasteiger partial charge in [-0.05, 0) is 24.9 Å². The van der Waals surface area contributed by atoms with Crippen molar-refractivity contribution in [3.63, 3.8) is 0 Å². The van der Waals surface area contributed by atoms with Gasteiger partial charge in [-0.15, -0.1) is 0 Å². The van der Waals surface area contributed by atoms with Gasteiger partial charge in [-0.1, -0.05) is 13.8 Å². The molecule has 0 aromatic rings. The summed E-state index contributed by atoms with van der Waals surface area (Å²) in [6.45, 7) is 7.83. The number of rotatable bonds is 8. The van der Waals surface area contributed by atoms with Crippen LogP contribution in [-0.4, -0.2) is 63.9 Å². The van der Waals surface area contributed by atoms with Gasteiger partial charge in [0.1, 0.15) is 24.4 Å². The molecule has 6 heteroatoms. The summed E-state index contributed by atoms with van der Waals surface area (Å²) in [6, 6.07) is 0. The van der Waals surface area contributed by atoms with E-state index in [4.69, 9.17) is 30.4 Å². The smallest absolute Gasteiger partial charge is 0.115 e. The van der Waals surface area contributed by atoms with Crippen LogP contribution in [0.2, 0.25) is 0 Å². The van der Waals surface area contributed by atoms with Crippen molar-refractivity contribution >= 4 is 0 Å². The van der Waals surface area contributed by atoms with Crippen LogP contribution in [0.25, 0.3) is 0 Å². The Bertz CT molecular complexity index is 264. The van der Waals surface area contributed by atoms with Crippen LogP contribution in [0.5, 0.6) is 0 Å². The van der Waals surface area contributed by atoms with Gasteiger partial charge < -0.3 is 30.4 Å². The third kappa shape index (κ3) is 3.90. The van der Waals surface area contributed by atoms with Crippen LogP contribution in [0.4, 0.5) is 0 Å². The first-order valence-electron chi connectivity index (χ1n) is 7.52. The summed E-state index contributed by atoms with van der Waals surface area (Å²) in [4.78, 5) is 0.